The number of rotatable bonds is 10. The molecule has 0 spiro atoms. The van der Waals surface area contributed by atoms with Gasteiger partial charge >= 0.3 is 12.0 Å². The van der Waals surface area contributed by atoms with E-state index in [1.165, 1.54) is 0 Å². The van der Waals surface area contributed by atoms with Gasteiger partial charge in [-0.3, -0.25) is 9.59 Å². The Morgan fingerprint density at radius 1 is 0.917 bits per heavy atom. The molecule has 0 aromatic heterocycles. The molecule has 2 aromatic carbocycles. The van der Waals surface area contributed by atoms with Gasteiger partial charge < -0.3 is 35.2 Å². The minimum atomic E-state index is -0.554. The molecule has 1 aliphatic rings. The molecule has 3 N–H and O–H groups in total. The third-order valence-corrected chi connectivity index (χ3v) is 5.78. The van der Waals surface area contributed by atoms with E-state index in [2.05, 4.69) is 25.8 Å². The number of benzene rings is 2. The summed E-state index contributed by atoms with van der Waals surface area (Å²) in [7, 11) is 1.67. The summed E-state index contributed by atoms with van der Waals surface area (Å²) in [5, 5.41) is 8.07. The molecule has 1 fully saturated rings. The Balaban J connectivity index is 1.73. The smallest absolute Gasteiger partial charge is 0.325 e. The Labute approximate surface area is 211 Å². The second-order valence-corrected chi connectivity index (χ2v) is 8.25. The van der Waals surface area contributed by atoms with Crippen LogP contribution in [0.3, 0.4) is 0 Å². The average molecular weight is 498 g/mol. The predicted molar refractivity (Wildman–Crippen MR) is 140 cm³/mol. The Hall–Kier alpha value is -3.95. The number of nitrogens with zero attached hydrogens (tertiary/aromatic N) is 2. The summed E-state index contributed by atoms with van der Waals surface area (Å²) in [5.41, 5.74) is 2.79. The topological polar surface area (TPSA) is 112 Å². The monoisotopic (exact) mass is 497 g/mol. The second kappa shape index (κ2) is 13.2. The molecule has 0 saturated carbocycles. The van der Waals surface area contributed by atoms with Crippen molar-refractivity contribution in [2.24, 2.45) is 0 Å². The lowest BCUT2D eigenvalue weighted by molar-refractivity contribution is -0.141. The van der Waals surface area contributed by atoms with Gasteiger partial charge in [-0.1, -0.05) is 19.1 Å². The summed E-state index contributed by atoms with van der Waals surface area (Å²) >= 11 is 0. The zero-order chi connectivity index (χ0) is 25.9. The first-order chi connectivity index (χ1) is 17.5. The van der Waals surface area contributed by atoms with Crippen LogP contribution in [0.25, 0.3) is 0 Å². The first-order valence-corrected chi connectivity index (χ1v) is 12.2. The molecule has 1 aliphatic heterocycles. The number of urea groups is 1. The predicted octanol–water partition coefficient (Wildman–Crippen LogP) is 2.85. The third-order valence-electron chi connectivity index (χ3n) is 5.78. The molecule has 0 bridgehead atoms. The number of piperazine rings is 1. The van der Waals surface area contributed by atoms with Crippen LogP contribution in [-0.2, 0) is 9.53 Å². The Morgan fingerprint density at radius 2 is 1.61 bits per heavy atom. The van der Waals surface area contributed by atoms with Crippen molar-refractivity contribution in [1.29, 1.82) is 0 Å². The molecule has 0 unspecified atom stereocenters. The van der Waals surface area contributed by atoms with Gasteiger partial charge in [0.05, 0.1) is 25.0 Å². The summed E-state index contributed by atoms with van der Waals surface area (Å²) < 4.78 is 10.3. The van der Waals surface area contributed by atoms with Gasteiger partial charge in [-0.2, -0.15) is 0 Å². The molecule has 2 aromatic rings. The first-order valence-electron chi connectivity index (χ1n) is 12.2. The van der Waals surface area contributed by atoms with Crippen molar-refractivity contribution in [2.45, 2.75) is 20.3 Å². The maximum atomic E-state index is 13.0. The lowest BCUT2D eigenvalue weighted by atomic mass is 10.1. The fourth-order valence-corrected chi connectivity index (χ4v) is 4.02. The first kappa shape index (κ1) is 26.7. The Morgan fingerprint density at radius 3 is 2.28 bits per heavy atom. The number of methoxy groups -OCH3 is 1. The van der Waals surface area contributed by atoms with Gasteiger partial charge in [-0.05, 0) is 43.7 Å². The van der Waals surface area contributed by atoms with Crippen LogP contribution in [0.4, 0.5) is 21.9 Å². The van der Waals surface area contributed by atoms with Crippen LogP contribution in [-0.4, -0.2) is 70.9 Å². The lowest BCUT2D eigenvalue weighted by Gasteiger charge is -2.38. The fourth-order valence-electron chi connectivity index (χ4n) is 4.02. The number of anilines is 3. The highest BCUT2D eigenvalue weighted by atomic mass is 16.5. The molecule has 1 heterocycles. The van der Waals surface area contributed by atoms with E-state index in [-0.39, 0.29) is 19.1 Å². The molecule has 0 aliphatic carbocycles. The number of hydrogen-bond donors (Lipinski definition) is 3. The number of carbonyl (C=O) groups excluding carboxylic acids is 3. The normalized spacial score (nSPS) is 13.1. The number of carbonyl (C=O) groups is 3. The van der Waals surface area contributed by atoms with Crippen LogP contribution in [0.1, 0.15) is 30.6 Å². The standard InChI is InChI=1S/C26H35N5O5/c1-4-12-27-25(33)20-17-19(29-26(34)28-18-24(32)36-5-2)10-11-21(20)30-13-15-31(16-14-30)22-8-6-7-9-23(22)35-3/h6-11,17H,4-5,12-16,18H2,1-3H3,(H,27,33)(H2,28,29,34). The van der Waals surface area contributed by atoms with Gasteiger partial charge in [0.2, 0.25) is 0 Å². The van der Waals surface area contributed by atoms with Crippen LogP contribution in [0, 0.1) is 0 Å². The largest absolute Gasteiger partial charge is 0.495 e. The highest BCUT2D eigenvalue weighted by Gasteiger charge is 2.23. The molecule has 36 heavy (non-hydrogen) atoms. The molecule has 10 nitrogen and oxygen atoms in total. The van der Waals surface area contributed by atoms with Crippen LogP contribution in [0.15, 0.2) is 42.5 Å². The SMILES string of the molecule is CCCNC(=O)c1cc(NC(=O)NCC(=O)OCC)ccc1N1CCN(c2ccccc2OC)CC1. The highest BCUT2D eigenvalue weighted by molar-refractivity contribution is 6.02. The number of hydrogen-bond acceptors (Lipinski definition) is 7. The minimum Gasteiger partial charge on any atom is -0.495 e. The van der Waals surface area contributed by atoms with E-state index in [9.17, 15) is 14.4 Å². The fraction of sp³-hybridized carbons (Fsp3) is 0.423. The molecular formula is C26H35N5O5. The lowest BCUT2D eigenvalue weighted by Crippen LogP contribution is -2.47. The van der Waals surface area contributed by atoms with E-state index in [1.54, 1.807) is 26.2 Å². The van der Waals surface area contributed by atoms with E-state index in [0.717, 1.165) is 49.7 Å². The van der Waals surface area contributed by atoms with E-state index >= 15 is 0 Å². The van der Waals surface area contributed by atoms with Crippen LogP contribution >= 0.6 is 0 Å². The van der Waals surface area contributed by atoms with Crippen molar-refractivity contribution in [1.82, 2.24) is 10.6 Å². The van der Waals surface area contributed by atoms with Gasteiger partial charge in [0.1, 0.15) is 12.3 Å². The van der Waals surface area contributed by atoms with Gasteiger partial charge in [-0.25, -0.2) is 4.79 Å². The number of para-hydroxylation sites is 2. The van der Waals surface area contributed by atoms with Gasteiger partial charge in [0, 0.05) is 44.1 Å². The van der Waals surface area contributed by atoms with Crippen molar-refractivity contribution in [3.63, 3.8) is 0 Å². The van der Waals surface area contributed by atoms with E-state index in [1.807, 2.05) is 37.3 Å². The van der Waals surface area contributed by atoms with Gasteiger partial charge in [0.25, 0.3) is 5.91 Å². The molecule has 194 valence electrons. The quantitative estimate of drug-likeness (QED) is 0.433. The molecule has 3 rings (SSSR count). The van der Waals surface area contributed by atoms with E-state index < -0.39 is 12.0 Å². The molecule has 0 radical (unpaired) electrons. The minimum absolute atomic E-state index is 0.199. The van der Waals surface area contributed by atoms with Gasteiger partial charge in [0.15, 0.2) is 0 Å². The van der Waals surface area contributed by atoms with E-state index in [4.69, 9.17) is 9.47 Å². The van der Waals surface area contributed by atoms with Gasteiger partial charge in [-0.15, -0.1) is 0 Å². The van der Waals surface area contributed by atoms with Crippen LogP contribution in [0.5, 0.6) is 5.75 Å². The van der Waals surface area contributed by atoms with Crippen molar-refractivity contribution >= 4 is 35.0 Å². The molecule has 1 saturated heterocycles. The van der Waals surface area contributed by atoms with Crippen LogP contribution in [0.2, 0.25) is 0 Å². The van der Waals surface area contributed by atoms with E-state index in [0.29, 0.717) is 17.8 Å². The summed E-state index contributed by atoms with van der Waals surface area (Å²) in [4.78, 5) is 41.2. The zero-order valence-corrected chi connectivity index (χ0v) is 21.1. The third kappa shape index (κ3) is 7.03. The average Bonchev–Trinajstić information content (AvgIpc) is 2.91. The van der Waals surface area contributed by atoms with Crippen molar-refractivity contribution in [2.75, 3.05) is 68.1 Å². The van der Waals surface area contributed by atoms with Crippen molar-refractivity contribution in [3.8, 4) is 5.75 Å². The number of esters is 1. The van der Waals surface area contributed by atoms with Crippen molar-refractivity contribution in [3.05, 3.63) is 48.0 Å². The maximum absolute atomic E-state index is 13.0. The second-order valence-electron chi connectivity index (χ2n) is 8.25. The number of ether oxygens (including phenoxy) is 2. The summed E-state index contributed by atoms with van der Waals surface area (Å²) in [6, 6.07) is 12.7. The number of nitrogens with one attached hydrogen (secondary N) is 3. The molecule has 10 heteroatoms. The highest BCUT2D eigenvalue weighted by Crippen LogP contribution is 2.31. The molecule has 0 atom stereocenters. The Bertz CT molecular complexity index is 1050. The van der Waals surface area contributed by atoms with Crippen LogP contribution < -0.4 is 30.5 Å². The molecular weight excluding hydrogens is 462 g/mol. The Kier molecular flexibility index (Phi) is 9.79. The summed E-state index contributed by atoms with van der Waals surface area (Å²) in [6.45, 7) is 7.23. The maximum Gasteiger partial charge on any atom is 0.325 e. The number of amides is 3. The van der Waals surface area contributed by atoms with Crippen molar-refractivity contribution < 1.29 is 23.9 Å². The summed E-state index contributed by atoms with van der Waals surface area (Å²) in [6.07, 6.45) is 0.812. The summed E-state index contributed by atoms with van der Waals surface area (Å²) in [5.74, 6) is 0.117. The molecule has 3 amide bonds. The zero-order valence-electron chi connectivity index (χ0n) is 21.1.